The van der Waals surface area contributed by atoms with Crippen molar-refractivity contribution in [1.29, 1.82) is 0 Å². The fourth-order valence-electron chi connectivity index (χ4n) is 3.53. The van der Waals surface area contributed by atoms with Crippen molar-refractivity contribution in [2.24, 2.45) is 5.92 Å². The van der Waals surface area contributed by atoms with E-state index in [1.165, 1.54) is 12.8 Å². The van der Waals surface area contributed by atoms with Gasteiger partial charge >= 0.3 is 0 Å². The normalized spacial score (nSPS) is 27.1. The van der Waals surface area contributed by atoms with Crippen LogP contribution in [0.1, 0.15) is 57.4 Å². The van der Waals surface area contributed by atoms with Crippen LogP contribution in [0.15, 0.2) is 30.3 Å². The van der Waals surface area contributed by atoms with Crippen LogP contribution < -0.4 is 5.32 Å². The second-order valence-electron chi connectivity index (χ2n) is 6.48. The lowest BCUT2D eigenvalue weighted by Crippen LogP contribution is -2.53. The van der Waals surface area contributed by atoms with Gasteiger partial charge in [-0.05, 0) is 30.7 Å². The van der Waals surface area contributed by atoms with Gasteiger partial charge in [0, 0.05) is 10.9 Å². The fourth-order valence-corrected chi connectivity index (χ4v) is 4.18. The van der Waals surface area contributed by atoms with Crippen molar-refractivity contribution in [1.82, 2.24) is 5.32 Å². The standard InChI is InChI=1S/C18H26BrNO/c1-3-16(15-9-5-4-6-10-15)17(21)20-18(13-19)11-7-8-14(2)12-18/h4-6,9-10,14,16H,3,7-8,11-13H2,1-2H3,(H,20,21). The molecule has 0 aromatic heterocycles. The first-order valence-electron chi connectivity index (χ1n) is 8.03. The number of benzene rings is 1. The van der Waals surface area contributed by atoms with E-state index in [0.717, 1.165) is 30.2 Å². The van der Waals surface area contributed by atoms with Crippen LogP contribution in [0.5, 0.6) is 0 Å². The highest BCUT2D eigenvalue weighted by Crippen LogP contribution is 2.34. The summed E-state index contributed by atoms with van der Waals surface area (Å²) < 4.78 is 0. The number of rotatable bonds is 5. The molecule has 0 heterocycles. The van der Waals surface area contributed by atoms with E-state index in [0.29, 0.717) is 5.92 Å². The third-order valence-electron chi connectivity index (χ3n) is 4.66. The summed E-state index contributed by atoms with van der Waals surface area (Å²) in [4.78, 5) is 12.8. The molecule has 1 aromatic rings. The number of alkyl halides is 1. The molecule has 21 heavy (non-hydrogen) atoms. The van der Waals surface area contributed by atoms with Crippen molar-refractivity contribution in [3.63, 3.8) is 0 Å². The van der Waals surface area contributed by atoms with Crippen molar-refractivity contribution >= 4 is 21.8 Å². The van der Waals surface area contributed by atoms with Gasteiger partial charge in [-0.3, -0.25) is 4.79 Å². The molecular weight excluding hydrogens is 326 g/mol. The van der Waals surface area contributed by atoms with Crippen LogP contribution in [0.25, 0.3) is 0 Å². The molecule has 0 saturated heterocycles. The molecule has 0 bridgehead atoms. The summed E-state index contributed by atoms with van der Waals surface area (Å²) in [6, 6.07) is 10.1. The summed E-state index contributed by atoms with van der Waals surface area (Å²) >= 11 is 3.64. The molecule has 1 amide bonds. The quantitative estimate of drug-likeness (QED) is 0.769. The summed E-state index contributed by atoms with van der Waals surface area (Å²) in [6.45, 7) is 4.37. The Bertz CT molecular complexity index is 462. The molecule has 1 N–H and O–H groups in total. The smallest absolute Gasteiger partial charge is 0.227 e. The Morgan fingerprint density at radius 3 is 2.71 bits per heavy atom. The maximum atomic E-state index is 12.8. The SMILES string of the molecule is CCC(C(=O)NC1(CBr)CCCC(C)C1)c1ccccc1. The minimum absolute atomic E-state index is 0.0423. The molecule has 1 aliphatic rings. The van der Waals surface area contributed by atoms with E-state index >= 15 is 0 Å². The Morgan fingerprint density at radius 2 is 2.14 bits per heavy atom. The van der Waals surface area contributed by atoms with Gasteiger partial charge in [0.2, 0.25) is 5.91 Å². The van der Waals surface area contributed by atoms with E-state index in [-0.39, 0.29) is 17.4 Å². The van der Waals surface area contributed by atoms with E-state index < -0.39 is 0 Å². The molecule has 3 heteroatoms. The van der Waals surface area contributed by atoms with Crippen LogP contribution in [-0.4, -0.2) is 16.8 Å². The van der Waals surface area contributed by atoms with E-state index in [1.807, 2.05) is 18.2 Å². The number of hydrogen-bond acceptors (Lipinski definition) is 1. The van der Waals surface area contributed by atoms with E-state index in [1.54, 1.807) is 0 Å². The summed E-state index contributed by atoms with van der Waals surface area (Å²) in [5.74, 6) is 0.824. The molecule has 0 radical (unpaired) electrons. The molecule has 3 unspecified atom stereocenters. The lowest BCUT2D eigenvalue weighted by atomic mass is 9.77. The Morgan fingerprint density at radius 1 is 1.43 bits per heavy atom. The van der Waals surface area contributed by atoms with Crippen LogP contribution in [0.3, 0.4) is 0 Å². The lowest BCUT2D eigenvalue weighted by molar-refractivity contribution is -0.124. The number of hydrogen-bond donors (Lipinski definition) is 1. The predicted octanol–water partition coefficient (Wildman–Crippen LogP) is 4.64. The zero-order valence-corrected chi connectivity index (χ0v) is 14.7. The Labute approximate surface area is 136 Å². The third-order valence-corrected chi connectivity index (χ3v) is 5.74. The van der Waals surface area contributed by atoms with Crippen LogP contribution in [0.4, 0.5) is 0 Å². The minimum atomic E-state index is -0.0586. The first-order chi connectivity index (χ1) is 10.1. The zero-order valence-electron chi connectivity index (χ0n) is 13.1. The van der Waals surface area contributed by atoms with Gasteiger partial charge in [0.1, 0.15) is 0 Å². The van der Waals surface area contributed by atoms with Crippen LogP contribution in [0.2, 0.25) is 0 Å². The monoisotopic (exact) mass is 351 g/mol. The highest BCUT2D eigenvalue weighted by Gasteiger charge is 2.36. The summed E-state index contributed by atoms with van der Waals surface area (Å²) in [5.41, 5.74) is 1.06. The van der Waals surface area contributed by atoms with Gasteiger partial charge in [-0.1, -0.05) is 73.0 Å². The highest BCUT2D eigenvalue weighted by atomic mass is 79.9. The second kappa shape index (κ2) is 7.44. The minimum Gasteiger partial charge on any atom is -0.349 e. The number of carbonyl (C=O) groups is 1. The molecule has 1 fully saturated rings. The van der Waals surface area contributed by atoms with Crippen LogP contribution in [0, 0.1) is 5.92 Å². The Hall–Kier alpha value is -0.830. The molecule has 1 aromatic carbocycles. The topological polar surface area (TPSA) is 29.1 Å². The highest BCUT2D eigenvalue weighted by molar-refractivity contribution is 9.09. The molecule has 0 aliphatic heterocycles. The van der Waals surface area contributed by atoms with Crippen molar-refractivity contribution < 1.29 is 4.79 Å². The van der Waals surface area contributed by atoms with Gasteiger partial charge in [-0.2, -0.15) is 0 Å². The van der Waals surface area contributed by atoms with Crippen molar-refractivity contribution in [2.75, 3.05) is 5.33 Å². The van der Waals surface area contributed by atoms with E-state index in [2.05, 4.69) is 47.2 Å². The van der Waals surface area contributed by atoms with Gasteiger partial charge in [-0.15, -0.1) is 0 Å². The van der Waals surface area contributed by atoms with Crippen LogP contribution >= 0.6 is 15.9 Å². The number of carbonyl (C=O) groups excluding carboxylic acids is 1. The van der Waals surface area contributed by atoms with Gasteiger partial charge < -0.3 is 5.32 Å². The van der Waals surface area contributed by atoms with Crippen molar-refractivity contribution in [3.8, 4) is 0 Å². The lowest BCUT2D eigenvalue weighted by Gasteiger charge is -2.40. The average molecular weight is 352 g/mol. The molecule has 116 valence electrons. The van der Waals surface area contributed by atoms with Gasteiger partial charge in [0.15, 0.2) is 0 Å². The largest absolute Gasteiger partial charge is 0.349 e. The first-order valence-corrected chi connectivity index (χ1v) is 9.15. The summed E-state index contributed by atoms with van der Waals surface area (Å²) in [5, 5.41) is 4.22. The molecule has 1 saturated carbocycles. The van der Waals surface area contributed by atoms with E-state index in [4.69, 9.17) is 0 Å². The molecule has 0 spiro atoms. The maximum absolute atomic E-state index is 12.8. The molecular formula is C18H26BrNO. The number of nitrogens with one attached hydrogen (secondary N) is 1. The summed E-state index contributed by atoms with van der Waals surface area (Å²) in [7, 11) is 0. The van der Waals surface area contributed by atoms with Crippen molar-refractivity contribution in [3.05, 3.63) is 35.9 Å². The average Bonchev–Trinajstić information content (AvgIpc) is 2.49. The Kier molecular flexibility index (Phi) is 5.86. The number of halogens is 1. The van der Waals surface area contributed by atoms with E-state index in [9.17, 15) is 4.79 Å². The molecule has 1 aliphatic carbocycles. The zero-order chi connectivity index (χ0) is 15.3. The Balaban J connectivity index is 2.11. The van der Waals surface area contributed by atoms with Crippen molar-refractivity contribution in [2.45, 2.75) is 57.4 Å². The molecule has 2 rings (SSSR count). The first kappa shape index (κ1) is 16.5. The van der Waals surface area contributed by atoms with Gasteiger partial charge in [0.05, 0.1) is 5.92 Å². The van der Waals surface area contributed by atoms with Gasteiger partial charge in [0.25, 0.3) is 0 Å². The predicted molar refractivity (Wildman–Crippen MR) is 91.8 cm³/mol. The molecule has 2 nitrogen and oxygen atoms in total. The van der Waals surface area contributed by atoms with Crippen LogP contribution in [-0.2, 0) is 4.79 Å². The van der Waals surface area contributed by atoms with Gasteiger partial charge in [-0.25, -0.2) is 0 Å². The summed E-state index contributed by atoms with van der Waals surface area (Å²) in [6.07, 6.45) is 5.48. The molecule has 3 atom stereocenters. The fraction of sp³-hybridized carbons (Fsp3) is 0.611. The second-order valence-corrected chi connectivity index (χ2v) is 7.04. The maximum Gasteiger partial charge on any atom is 0.227 e. The third kappa shape index (κ3) is 4.09. The number of amides is 1.